The number of hydrogen-bond donors (Lipinski definition) is 0. The summed E-state index contributed by atoms with van der Waals surface area (Å²) in [4.78, 5) is 0. The second-order valence-electron chi connectivity index (χ2n) is 3.06. The Morgan fingerprint density at radius 3 is 1.41 bits per heavy atom. The number of halogens is 6. The number of rotatable bonds is 6. The Morgan fingerprint density at radius 1 is 0.882 bits per heavy atom. The molecule has 0 aromatic carbocycles. The Hall–Kier alpha value is -0.980. The van der Waals surface area contributed by atoms with Gasteiger partial charge >= 0.3 is 12.2 Å². The Balaban J connectivity index is 4.93. The normalized spacial score (nSPS) is 15.3. The van der Waals surface area contributed by atoms with Crippen LogP contribution in [0.25, 0.3) is 0 Å². The average Bonchev–Trinajstić information content (AvgIpc) is 2.16. The fourth-order valence-corrected chi connectivity index (χ4v) is 0.855. The van der Waals surface area contributed by atoms with Crippen LogP contribution < -0.4 is 0 Å². The molecule has 0 unspecified atom stereocenters. The molecule has 0 radical (unpaired) electrons. The monoisotopic (exact) mass is 262 g/mol. The number of alkyl halides is 4. The fourth-order valence-electron chi connectivity index (χ4n) is 0.855. The number of allylic oxidation sites excluding steroid dienone is 2. The Bertz CT molecular complexity index is 278. The third-order valence-corrected chi connectivity index (χ3v) is 1.58. The van der Waals surface area contributed by atoms with Crippen molar-refractivity contribution >= 4 is 0 Å². The molecule has 0 fully saturated rings. The van der Waals surface area contributed by atoms with Gasteiger partial charge in [-0.05, 0) is 25.0 Å². The van der Waals surface area contributed by atoms with Crippen LogP contribution in [0, 0.1) is 0 Å². The maximum absolute atomic E-state index is 12.8. The molecule has 0 saturated carbocycles. The SMILES string of the molecule is CC/C=C(\F)C(F)(F)OC(F)(F)/C(F)=C/CC. The van der Waals surface area contributed by atoms with Gasteiger partial charge in [-0.25, -0.2) is 13.5 Å². The molecule has 0 aliphatic carbocycles. The lowest BCUT2D eigenvalue weighted by molar-refractivity contribution is -0.353. The smallest absolute Gasteiger partial charge is 0.244 e. The molecular weight excluding hydrogens is 250 g/mol. The van der Waals surface area contributed by atoms with E-state index in [1.54, 1.807) is 0 Å². The Labute approximate surface area is 94.8 Å². The fraction of sp³-hybridized carbons (Fsp3) is 0.600. The molecule has 0 rings (SSSR count). The van der Waals surface area contributed by atoms with E-state index in [1.807, 2.05) is 0 Å². The van der Waals surface area contributed by atoms with Crippen molar-refractivity contribution in [3.63, 3.8) is 0 Å². The van der Waals surface area contributed by atoms with E-state index in [4.69, 9.17) is 0 Å². The average molecular weight is 262 g/mol. The standard InChI is InChI=1S/C10H12F6O/c1-3-5-7(11)9(13,14)17-10(15,16)8(12)6-4-2/h5-6H,3-4H2,1-2H3/b7-5-,8-6-. The maximum atomic E-state index is 12.8. The van der Waals surface area contributed by atoms with Gasteiger partial charge in [0.15, 0.2) is 11.7 Å². The largest absolute Gasteiger partial charge is 0.413 e. The van der Waals surface area contributed by atoms with Gasteiger partial charge in [0.2, 0.25) is 0 Å². The minimum Gasteiger partial charge on any atom is -0.244 e. The summed E-state index contributed by atoms with van der Waals surface area (Å²) in [6.45, 7) is 2.65. The van der Waals surface area contributed by atoms with Crippen LogP contribution in [-0.4, -0.2) is 12.2 Å². The van der Waals surface area contributed by atoms with Crippen molar-refractivity contribution in [3.05, 3.63) is 23.8 Å². The van der Waals surface area contributed by atoms with Crippen molar-refractivity contribution in [3.8, 4) is 0 Å². The molecule has 0 bridgehead atoms. The lowest BCUT2D eigenvalue weighted by Crippen LogP contribution is -2.34. The van der Waals surface area contributed by atoms with Gasteiger partial charge < -0.3 is 0 Å². The molecule has 0 aliphatic rings. The van der Waals surface area contributed by atoms with Crippen LogP contribution >= 0.6 is 0 Å². The van der Waals surface area contributed by atoms with Crippen molar-refractivity contribution < 1.29 is 31.1 Å². The third-order valence-electron chi connectivity index (χ3n) is 1.58. The lowest BCUT2D eigenvalue weighted by atomic mass is 10.3. The second kappa shape index (κ2) is 6.09. The van der Waals surface area contributed by atoms with Crippen molar-refractivity contribution in [2.24, 2.45) is 0 Å². The highest BCUT2D eigenvalue weighted by Crippen LogP contribution is 2.37. The summed E-state index contributed by atoms with van der Waals surface area (Å²) in [6, 6.07) is 0. The minimum absolute atomic E-state index is 0.135. The van der Waals surface area contributed by atoms with E-state index in [2.05, 4.69) is 4.74 Å². The van der Waals surface area contributed by atoms with E-state index in [1.165, 1.54) is 13.8 Å². The van der Waals surface area contributed by atoms with E-state index < -0.39 is 23.9 Å². The highest BCUT2D eigenvalue weighted by Gasteiger charge is 2.50. The predicted octanol–water partition coefficient (Wildman–Crippen LogP) is 4.72. The molecule has 0 aliphatic heterocycles. The van der Waals surface area contributed by atoms with Gasteiger partial charge in [-0.2, -0.15) is 17.6 Å². The molecule has 1 nitrogen and oxygen atoms in total. The summed E-state index contributed by atoms with van der Waals surface area (Å²) >= 11 is 0. The highest BCUT2D eigenvalue weighted by atomic mass is 19.3. The van der Waals surface area contributed by atoms with Gasteiger partial charge in [0.1, 0.15) is 0 Å². The van der Waals surface area contributed by atoms with Crippen LogP contribution in [0.5, 0.6) is 0 Å². The molecule has 0 aromatic heterocycles. The van der Waals surface area contributed by atoms with Crippen molar-refractivity contribution in [1.82, 2.24) is 0 Å². The first kappa shape index (κ1) is 16.0. The van der Waals surface area contributed by atoms with Crippen molar-refractivity contribution in [2.45, 2.75) is 38.9 Å². The molecule has 0 amide bonds. The Morgan fingerprint density at radius 2 is 1.18 bits per heavy atom. The van der Waals surface area contributed by atoms with E-state index in [0.717, 1.165) is 0 Å². The van der Waals surface area contributed by atoms with Crippen LogP contribution in [0.15, 0.2) is 23.8 Å². The van der Waals surface area contributed by atoms with E-state index in [0.29, 0.717) is 12.2 Å². The molecule has 0 aromatic rings. The summed E-state index contributed by atoms with van der Waals surface area (Å²) in [7, 11) is 0. The molecule has 100 valence electrons. The van der Waals surface area contributed by atoms with Crippen molar-refractivity contribution in [1.29, 1.82) is 0 Å². The molecule has 0 heterocycles. The van der Waals surface area contributed by atoms with Gasteiger partial charge in [0.05, 0.1) is 0 Å². The lowest BCUT2D eigenvalue weighted by Gasteiger charge is -2.21. The summed E-state index contributed by atoms with van der Waals surface area (Å²) < 4.78 is 79.3. The number of ether oxygens (including phenoxy) is 1. The molecular formula is C10H12F6O. The van der Waals surface area contributed by atoms with Crippen LogP contribution in [0.3, 0.4) is 0 Å². The van der Waals surface area contributed by atoms with Gasteiger partial charge in [0, 0.05) is 0 Å². The van der Waals surface area contributed by atoms with E-state index in [-0.39, 0.29) is 12.8 Å². The zero-order valence-corrected chi connectivity index (χ0v) is 9.24. The zero-order valence-electron chi connectivity index (χ0n) is 9.24. The minimum atomic E-state index is -4.86. The first-order valence-electron chi connectivity index (χ1n) is 4.85. The molecule has 0 saturated heterocycles. The first-order valence-corrected chi connectivity index (χ1v) is 4.85. The summed E-state index contributed by atoms with van der Waals surface area (Å²) in [5.41, 5.74) is 0. The van der Waals surface area contributed by atoms with Crippen LogP contribution in [0.1, 0.15) is 26.7 Å². The van der Waals surface area contributed by atoms with Crippen LogP contribution in [0.2, 0.25) is 0 Å². The highest BCUT2D eigenvalue weighted by molar-refractivity contribution is 5.04. The van der Waals surface area contributed by atoms with Crippen LogP contribution in [-0.2, 0) is 4.74 Å². The zero-order chi connectivity index (χ0) is 13.7. The first-order chi connectivity index (χ1) is 7.67. The van der Waals surface area contributed by atoms with Gasteiger partial charge in [-0.1, -0.05) is 13.8 Å². The number of hydrogen-bond acceptors (Lipinski definition) is 1. The van der Waals surface area contributed by atoms with E-state index >= 15 is 0 Å². The Kier molecular flexibility index (Phi) is 5.74. The molecule has 7 heteroatoms. The maximum Gasteiger partial charge on any atom is 0.413 e. The molecule has 0 spiro atoms. The van der Waals surface area contributed by atoms with Crippen molar-refractivity contribution in [2.75, 3.05) is 0 Å². The van der Waals surface area contributed by atoms with Gasteiger partial charge in [-0.3, -0.25) is 0 Å². The summed E-state index contributed by atoms with van der Waals surface area (Å²) in [5.74, 6) is -4.35. The van der Waals surface area contributed by atoms with Gasteiger partial charge in [0.25, 0.3) is 0 Å². The molecule has 17 heavy (non-hydrogen) atoms. The third kappa shape index (κ3) is 4.80. The predicted molar refractivity (Wildman–Crippen MR) is 49.9 cm³/mol. The van der Waals surface area contributed by atoms with Crippen LogP contribution in [0.4, 0.5) is 26.3 Å². The van der Waals surface area contributed by atoms with Gasteiger partial charge in [-0.15, -0.1) is 0 Å². The van der Waals surface area contributed by atoms with E-state index in [9.17, 15) is 26.3 Å². The summed E-state index contributed by atoms with van der Waals surface area (Å²) in [5, 5.41) is 0. The quantitative estimate of drug-likeness (QED) is 0.629. The summed E-state index contributed by atoms with van der Waals surface area (Å²) in [6.07, 6.45) is -9.25. The molecule has 0 N–H and O–H groups in total. The second-order valence-corrected chi connectivity index (χ2v) is 3.06. The molecule has 0 atom stereocenters. The topological polar surface area (TPSA) is 9.23 Å².